The van der Waals surface area contributed by atoms with E-state index in [1.807, 2.05) is 0 Å². The molecule has 1 fully saturated rings. The van der Waals surface area contributed by atoms with Gasteiger partial charge < -0.3 is 0 Å². The van der Waals surface area contributed by atoms with Gasteiger partial charge in [-0.2, -0.15) is 0 Å². The van der Waals surface area contributed by atoms with E-state index in [0.29, 0.717) is 0 Å². The van der Waals surface area contributed by atoms with Crippen LogP contribution < -0.4 is 0 Å². The minimum atomic E-state index is 0.767. The van der Waals surface area contributed by atoms with Crippen LogP contribution >= 0.6 is 0 Å². The van der Waals surface area contributed by atoms with Crippen molar-refractivity contribution in [1.29, 1.82) is 0 Å². The molecule has 84 valence electrons. The Kier molecular flexibility index (Phi) is 3.28. The Hall–Kier alpha value is -1.30. The molecular formula is C16H20. The minimum absolute atomic E-state index is 0.767. The molecule has 1 aromatic carbocycles. The van der Waals surface area contributed by atoms with Gasteiger partial charge >= 0.3 is 0 Å². The predicted octanol–water partition coefficient (Wildman–Crippen LogP) is 4.70. The maximum absolute atomic E-state index is 2.28. The summed E-state index contributed by atoms with van der Waals surface area (Å²) >= 11 is 0. The van der Waals surface area contributed by atoms with E-state index in [1.54, 1.807) is 0 Å². The summed E-state index contributed by atoms with van der Waals surface area (Å²) in [7, 11) is 0. The smallest absolute Gasteiger partial charge is 0.00902 e. The molecule has 2 atom stereocenters. The van der Waals surface area contributed by atoms with Crippen LogP contribution in [0.5, 0.6) is 0 Å². The predicted molar refractivity (Wildman–Crippen MR) is 70.5 cm³/mol. The van der Waals surface area contributed by atoms with Crippen molar-refractivity contribution < 1.29 is 0 Å². The van der Waals surface area contributed by atoms with Gasteiger partial charge in [0.05, 0.1) is 0 Å². The summed E-state index contributed by atoms with van der Waals surface area (Å²) in [4.78, 5) is 0. The molecule has 0 unspecified atom stereocenters. The minimum Gasteiger partial charge on any atom is -0.0764 e. The van der Waals surface area contributed by atoms with Crippen molar-refractivity contribution in [2.24, 2.45) is 5.92 Å². The Labute approximate surface area is 98.7 Å². The van der Waals surface area contributed by atoms with Gasteiger partial charge in [-0.15, -0.1) is 0 Å². The molecule has 0 heterocycles. The van der Waals surface area contributed by atoms with E-state index in [4.69, 9.17) is 0 Å². The van der Waals surface area contributed by atoms with E-state index >= 15 is 0 Å². The zero-order chi connectivity index (χ0) is 11.5. The molecule has 1 saturated carbocycles. The average Bonchev–Trinajstić information content (AvgIpc) is 3.07. The number of hydrogen-bond acceptors (Lipinski definition) is 0. The lowest BCUT2D eigenvalue weighted by Crippen LogP contribution is -1.84. The SMILES string of the molecule is CC(C)=CC=C(C)[C@@H]1C[C@H]1c1ccccc1. The van der Waals surface area contributed by atoms with Crippen molar-refractivity contribution in [1.82, 2.24) is 0 Å². The topological polar surface area (TPSA) is 0 Å². The van der Waals surface area contributed by atoms with Crippen LogP contribution in [0.25, 0.3) is 0 Å². The molecule has 0 amide bonds. The zero-order valence-electron chi connectivity index (χ0n) is 10.4. The molecule has 0 nitrogen and oxygen atoms in total. The monoisotopic (exact) mass is 212 g/mol. The van der Waals surface area contributed by atoms with Crippen LogP contribution in [0.3, 0.4) is 0 Å². The summed E-state index contributed by atoms with van der Waals surface area (Å²) in [6.45, 7) is 6.55. The summed E-state index contributed by atoms with van der Waals surface area (Å²) in [6, 6.07) is 10.9. The number of rotatable bonds is 3. The van der Waals surface area contributed by atoms with Gasteiger partial charge in [0.25, 0.3) is 0 Å². The maximum atomic E-state index is 2.28. The lowest BCUT2D eigenvalue weighted by molar-refractivity contribution is 0.938. The van der Waals surface area contributed by atoms with Crippen molar-refractivity contribution in [3.8, 4) is 0 Å². The Bertz CT molecular complexity index is 405. The maximum Gasteiger partial charge on any atom is -0.00902 e. The molecule has 1 aliphatic carbocycles. The first kappa shape index (κ1) is 11.2. The van der Waals surface area contributed by atoms with E-state index in [2.05, 4.69) is 63.3 Å². The summed E-state index contributed by atoms with van der Waals surface area (Å²) in [6.07, 6.45) is 5.82. The van der Waals surface area contributed by atoms with Gasteiger partial charge in [0.1, 0.15) is 0 Å². The second kappa shape index (κ2) is 4.69. The normalized spacial score (nSPS) is 24.1. The van der Waals surface area contributed by atoms with Crippen molar-refractivity contribution in [3.63, 3.8) is 0 Å². The van der Waals surface area contributed by atoms with E-state index < -0.39 is 0 Å². The Morgan fingerprint density at radius 1 is 1.06 bits per heavy atom. The molecule has 0 spiro atoms. The van der Waals surface area contributed by atoms with E-state index in [9.17, 15) is 0 Å². The fraction of sp³-hybridized carbons (Fsp3) is 0.375. The fourth-order valence-corrected chi connectivity index (χ4v) is 2.19. The molecule has 1 aliphatic rings. The quantitative estimate of drug-likeness (QED) is 0.637. The molecule has 16 heavy (non-hydrogen) atoms. The van der Waals surface area contributed by atoms with Crippen molar-refractivity contribution in [2.75, 3.05) is 0 Å². The van der Waals surface area contributed by atoms with Gasteiger partial charge in [-0.25, -0.2) is 0 Å². The molecule has 2 rings (SSSR count). The molecule has 0 radical (unpaired) electrons. The van der Waals surface area contributed by atoms with Crippen LogP contribution in [-0.4, -0.2) is 0 Å². The van der Waals surface area contributed by atoms with E-state index in [-0.39, 0.29) is 0 Å². The van der Waals surface area contributed by atoms with Crippen LogP contribution in [0.1, 0.15) is 38.7 Å². The summed E-state index contributed by atoms with van der Waals surface area (Å²) in [5.41, 5.74) is 4.39. The first-order chi connectivity index (χ1) is 7.68. The number of benzene rings is 1. The highest BCUT2D eigenvalue weighted by Gasteiger charge is 2.38. The Balaban J connectivity index is 2.02. The van der Waals surface area contributed by atoms with Gasteiger partial charge in [-0.05, 0) is 44.6 Å². The molecule has 0 N–H and O–H groups in total. The lowest BCUT2D eigenvalue weighted by Gasteiger charge is -2.00. The third-order valence-electron chi connectivity index (χ3n) is 3.28. The van der Waals surface area contributed by atoms with Gasteiger partial charge in [0.15, 0.2) is 0 Å². The number of allylic oxidation sites excluding steroid dienone is 4. The Morgan fingerprint density at radius 3 is 2.38 bits per heavy atom. The highest BCUT2D eigenvalue weighted by molar-refractivity contribution is 5.32. The summed E-state index contributed by atoms with van der Waals surface area (Å²) < 4.78 is 0. The highest BCUT2D eigenvalue weighted by Crippen LogP contribution is 2.51. The van der Waals surface area contributed by atoms with Gasteiger partial charge in [0.2, 0.25) is 0 Å². The molecule has 1 aromatic rings. The molecular weight excluding hydrogens is 192 g/mol. The molecule has 0 aliphatic heterocycles. The van der Waals surface area contributed by atoms with Crippen LogP contribution in [0.15, 0.2) is 53.6 Å². The van der Waals surface area contributed by atoms with Crippen LogP contribution in [0, 0.1) is 5.92 Å². The van der Waals surface area contributed by atoms with Crippen molar-refractivity contribution >= 4 is 0 Å². The van der Waals surface area contributed by atoms with Crippen molar-refractivity contribution in [2.45, 2.75) is 33.1 Å². The summed E-state index contributed by atoms with van der Waals surface area (Å²) in [5.74, 6) is 1.54. The summed E-state index contributed by atoms with van der Waals surface area (Å²) in [5, 5.41) is 0. The van der Waals surface area contributed by atoms with Crippen molar-refractivity contribution in [3.05, 3.63) is 59.2 Å². The van der Waals surface area contributed by atoms with Gasteiger partial charge in [-0.1, -0.05) is 53.6 Å². The Morgan fingerprint density at radius 2 is 1.75 bits per heavy atom. The third kappa shape index (κ3) is 2.63. The molecule has 0 bridgehead atoms. The van der Waals surface area contributed by atoms with Crippen LogP contribution in [-0.2, 0) is 0 Å². The highest BCUT2D eigenvalue weighted by atomic mass is 14.4. The van der Waals surface area contributed by atoms with Gasteiger partial charge in [0, 0.05) is 0 Å². The second-order valence-corrected chi connectivity index (χ2v) is 5.01. The van der Waals surface area contributed by atoms with E-state index in [0.717, 1.165) is 11.8 Å². The molecule has 0 saturated heterocycles. The third-order valence-corrected chi connectivity index (χ3v) is 3.28. The fourth-order valence-electron chi connectivity index (χ4n) is 2.19. The van der Waals surface area contributed by atoms with Crippen LogP contribution in [0.2, 0.25) is 0 Å². The van der Waals surface area contributed by atoms with Crippen LogP contribution in [0.4, 0.5) is 0 Å². The lowest BCUT2D eigenvalue weighted by atomic mass is 10.1. The molecule has 0 heteroatoms. The average molecular weight is 212 g/mol. The zero-order valence-corrected chi connectivity index (χ0v) is 10.4. The second-order valence-electron chi connectivity index (χ2n) is 5.01. The largest absolute Gasteiger partial charge is 0.0764 e. The first-order valence-corrected chi connectivity index (χ1v) is 6.05. The first-order valence-electron chi connectivity index (χ1n) is 6.05. The standard InChI is InChI=1S/C16H20/c1-12(2)9-10-13(3)15-11-16(15)14-7-5-4-6-8-14/h4-10,15-16H,11H2,1-3H3/t15-,16-/m0/s1. The van der Waals surface area contributed by atoms with Gasteiger partial charge in [-0.3, -0.25) is 0 Å². The van der Waals surface area contributed by atoms with E-state index in [1.165, 1.54) is 23.1 Å². The molecule has 0 aromatic heterocycles. The number of hydrogen-bond donors (Lipinski definition) is 0.